The number of hydrogen-bond donors (Lipinski definition) is 0. The van der Waals surface area contributed by atoms with E-state index in [0.29, 0.717) is 23.9 Å². The smallest absolute Gasteiger partial charge is 0.0991 e. The van der Waals surface area contributed by atoms with Crippen LogP contribution in [0.5, 0.6) is 0 Å². The van der Waals surface area contributed by atoms with Crippen molar-refractivity contribution in [3.05, 3.63) is 59.7 Å². The van der Waals surface area contributed by atoms with Crippen LogP contribution in [0.25, 0.3) is 0 Å². The molecule has 0 saturated heterocycles. The van der Waals surface area contributed by atoms with Crippen molar-refractivity contribution < 1.29 is 4.74 Å². The van der Waals surface area contributed by atoms with Crippen molar-refractivity contribution in [1.82, 2.24) is 0 Å². The highest BCUT2D eigenvalue weighted by Crippen LogP contribution is 2.35. The lowest BCUT2D eigenvalue weighted by Gasteiger charge is -2.32. The standard InChI is InChI=1S/C25H30N2O/c26-17-3-1-2-4-20-5-7-22(8-6-20)19-28-25-15-13-24(14-16-25)23-11-9-21(18-27)10-12-23/h1-4,9-12,20,22,24-25H,5-8,13-16,19H2/b3-1+,4-2+. The van der Waals surface area contributed by atoms with Crippen LogP contribution >= 0.6 is 0 Å². The Morgan fingerprint density at radius 3 is 2.25 bits per heavy atom. The minimum Gasteiger partial charge on any atom is -0.378 e. The van der Waals surface area contributed by atoms with Gasteiger partial charge in [-0.25, -0.2) is 0 Å². The Kier molecular flexibility index (Phi) is 7.89. The Hall–Kier alpha value is -2.36. The molecule has 0 atom stereocenters. The van der Waals surface area contributed by atoms with Gasteiger partial charge in [0.05, 0.1) is 23.8 Å². The third-order valence-electron chi connectivity index (χ3n) is 6.31. The van der Waals surface area contributed by atoms with Crippen LogP contribution < -0.4 is 0 Å². The number of benzene rings is 1. The molecule has 3 rings (SSSR count). The zero-order valence-corrected chi connectivity index (χ0v) is 16.6. The summed E-state index contributed by atoms with van der Waals surface area (Å²) in [7, 11) is 0. The predicted molar refractivity (Wildman–Crippen MR) is 111 cm³/mol. The van der Waals surface area contributed by atoms with Gasteiger partial charge in [0.1, 0.15) is 0 Å². The number of nitrogens with zero attached hydrogens (tertiary/aromatic N) is 2. The van der Waals surface area contributed by atoms with Crippen LogP contribution in [0.15, 0.2) is 48.6 Å². The summed E-state index contributed by atoms with van der Waals surface area (Å²) in [6.45, 7) is 0.914. The summed E-state index contributed by atoms with van der Waals surface area (Å²) in [4.78, 5) is 0. The average molecular weight is 375 g/mol. The second kappa shape index (κ2) is 10.8. The molecule has 2 aliphatic rings. The van der Waals surface area contributed by atoms with Gasteiger partial charge in [-0.05, 0) is 86.8 Å². The van der Waals surface area contributed by atoms with E-state index in [1.807, 2.05) is 30.4 Å². The Morgan fingerprint density at radius 1 is 0.893 bits per heavy atom. The van der Waals surface area contributed by atoms with Crippen molar-refractivity contribution in [3.8, 4) is 12.1 Å². The van der Waals surface area contributed by atoms with E-state index in [0.717, 1.165) is 25.0 Å². The SMILES string of the molecule is N#C/C=C/C=C/C1CCC(COC2CCC(c3ccc(C#N)cc3)CC2)CC1. The van der Waals surface area contributed by atoms with Crippen LogP contribution in [-0.4, -0.2) is 12.7 Å². The molecule has 0 heterocycles. The van der Waals surface area contributed by atoms with Crippen LogP contribution in [0.2, 0.25) is 0 Å². The van der Waals surface area contributed by atoms with Crippen LogP contribution in [0.1, 0.15) is 68.4 Å². The Balaban J connectivity index is 1.34. The lowest BCUT2D eigenvalue weighted by Crippen LogP contribution is -2.25. The number of allylic oxidation sites excluding steroid dienone is 4. The van der Waals surface area contributed by atoms with Gasteiger partial charge in [0.15, 0.2) is 0 Å². The summed E-state index contributed by atoms with van der Waals surface area (Å²) < 4.78 is 6.28. The van der Waals surface area contributed by atoms with E-state index in [2.05, 4.69) is 24.3 Å². The molecule has 0 unspecified atom stereocenters. The molecule has 0 spiro atoms. The monoisotopic (exact) mass is 374 g/mol. The number of ether oxygens (including phenoxy) is 1. The quantitative estimate of drug-likeness (QED) is 0.450. The molecule has 28 heavy (non-hydrogen) atoms. The Labute approximate surface area is 169 Å². The minimum atomic E-state index is 0.420. The Bertz CT molecular complexity index is 734. The molecule has 2 fully saturated rings. The summed E-state index contributed by atoms with van der Waals surface area (Å²) in [6, 6.07) is 12.3. The van der Waals surface area contributed by atoms with Gasteiger partial charge in [-0.1, -0.05) is 30.4 Å². The maximum atomic E-state index is 8.93. The van der Waals surface area contributed by atoms with E-state index >= 15 is 0 Å². The molecule has 3 heteroatoms. The number of hydrogen-bond acceptors (Lipinski definition) is 3. The van der Waals surface area contributed by atoms with Gasteiger partial charge in [-0.15, -0.1) is 0 Å². The van der Waals surface area contributed by atoms with E-state index in [1.54, 1.807) is 0 Å². The first-order valence-electron chi connectivity index (χ1n) is 10.6. The average Bonchev–Trinajstić information content (AvgIpc) is 2.76. The van der Waals surface area contributed by atoms with Crippen molar-refractivity contribution in [1.29, 1.82) is 10.5 Å². The van der Waals surface area contributed by atoms with E-state index in [4.69, 9.17) is 15.3 Å². The second-order valence-electron chi connectivity index (χ2n) is 8.19. The first kappa shape index (κ1) is 20.4. The summed E-state index contributed by atoms with van der Waals surface area (Å²) in [5.74, 6) is 1.97. The van der Waals surface area contributed by atoms with Crippen LogP contribution in [0, 0.1) is 34.5 Å². The largest absolute Gasteiger partial charge is 0.378 e. The molecule has 0 aromatic heterocycles. The molecule has 2 aliphatic carbocycles. The fourth-order valence-electron chi connectivity index (χ4n) is 4.53. The van der Waals surface area contributed by atoms with Gasteiger partial charge in [-0.3, -0.25) is 0 Å². The molecule has 1 aromatic carbocycles. The molecule has 1 aromatic rings. The van der Waals surface area contributed by atoms with Gasteiger partial charge < -0.3 is 4.74 Å². The topological polar surface area (TPSA) is 56.8 Å². The molecule has 0 aliphatic heterocycles. The van der Waals surface area contributed by atoms with Crippen molar-refractivity contribution >= 4 is 0 Å². The zero-order chi connectivity index (χ0) is 19.6. The van der Waals surface area contributed by atoms with Crippen LogP contribution in [-0.2, 0) is 4.74 Å². The van der Waals surface area contributed by atoms with Gasteiger partial charge >= 0.3 is 0 Å². The van der Waals surface area contributed by atoms with E-state index < -0.39 is 0 Å². The van der Waals surface area contributed by atoms with E-state index in [-0.39, 0.29) is 0 Å². The molecule has 0 bridgehead atoms. The van der Waals surface area contributed by atoms with Crippen molar-refractivity contribution in [2.24, 2.45) is 11.8 Å². The maximum Gasteiger partial charge on any atom is 0.0991 e. The predicted octanol–water partition coefficient (Wildman–Crippen LogP) is 6.04. The summed E-state index contributed by atoms with van der Waals surface area (Å²) >= 11 is 0. The molecule has 3 nitrogen and oxygen atoms in total. The molecular weight excluding hydrogens is 344 g/mol. The third kappa shape index (κ3) is 6.08. The van der Waals surface area contributed by atoms with Crippen molar-refractivity contribution in [2.75, 3.05) is 6.61 Å². The third-order valence-corrected chi connectivity index (χ3v) is 6.31. The molecule has 0 radical (unpaired) electrons. The normalized spacial score (nSPS) is 28.2. The molecule has 0 amide bonds. The van der Waals surface area contributed by atoms with Gasteiger partial charge in [-0.2, -0.15) is 10.5 Å². The van der Waals surface area contributed by atoms with Gasteiger partial charge in [0, 0.05) is 12.7 Å². The second-order valence-corrected chi connectivity index (χ2v) is 8.19. The fourth-order valence-corrected chi connectivity index (χ4v) is 4.53. The zero-order valence-electron chi connectivity index (χ0n) is 16.6. The molecule has 0 N–H and O–H groups in total. The van der Waals surface area contributed by atoms with Crippen LogP contribution in [0.4, 0.5) is 0 Å². The lowest BCUT2D eigenvalue weighted by molar-refractivity contribution is -0.00337. The lowest BCUT2D eigenvalue weighted by atomic mass is 9.81. The summed E-state index contributed by atoms with van der Waals surface area (Å²) in [6.07, 6.45) is 17.6. The number of nitriles is 2. The summed E-state index contributed by atoms with van der Waals surface area (Å²) in [5, 5.41) is 17.4. The number of rotatable bonds is 6. The van der Waals surface area contributed by atoms with Crippen molar-refractivity contribution in [2.45, 2.75) is 63.4 Å². The highest BCUT2D eigenvalue weighted by atomic mass is 16.5. The molecule has 146 valence electrons. The van der Waals surface area contributed by atoms with E-state index in [1.165, 1.54) is 50.2 Å². The molecular formula is C25H30N2O. The highest BCUT2D eigenvalue weighted by molar-refractivity contribution is 5.33. The fraction of sp³-hybridized carbons (Fsp3) is 0.520. The first-order chi connectivity index (χ1) is 13.8. The van der Waals surface area contributed by atoms with Gasteiger partial charge in [0.25, 0.3) is 0 Å². The minimum absolute atomic E-state index is 0.420. The maximum absolute atomic E-state index is 8.93. The first-order valence-corrected chi connectivity index (χ1v) is 10.6. The van der Waals surface area contributed by atoms with Gasteiger partial charge in [0.2, 0.25) is 0 Å². The Morgan fingerprint density at radius 2 is 1.61 bits per heavy atom. The van der Waals surface area contributed by atoms with E-state index in [9.17, 15) is 0 Å². The van der Waals surface area contributed by atoms with Crippen LogP contribution in [0.3, 0.4) is 0 Å². The highest BCUT2D eigenvalue weighted by Gasteiger charge is 2.25. The van der Waals surface area contributed by atoms with Crippen molar-refractivity contribution in [3.63, 3.8) is 0 Å². The summed E-state index contributed by atoms with van der Waals surface area (Å²) in [5.41, 5.74) is 2.11. The molecule has 2 saturated carbocycles.